The van der Waals surface area contributed by atoms with Gasteiger partial charge in [-0.3, -0.25) is 4.79 Å². The van der Waals surface area contributed by atoms with E-state index in [1.807, 2.05) is 0 Å². The van der Waals surface area contributed by atoms with Crippen LogP contribution >= 0.6 is 11.6 Å². The van der Waals surface area contributed by atoms with Crippen LogP contribution in [-0.2, 0) is 9.59 Å². The molecule has 0 radical (unpaired) electrons. The Balaban J connectivity index is 1.69. The molecule has 0 atom stereocenters. The molecule has 8 nitrogen and oxygen atoms in total. The maximum absolute atomic E-state index is 13.5. The molecule has 0 spiro atoms. The molecule has 4 rings (SSSR count). The zero-order valence-corrected chi connectivity index (χ0v) is 17.4. The highest BCUT2D eigenvalue weighted by atomic mass is 35.5. The van der Waals surface area contributed by atoms with E-state index >= 15 is 0 Å². The summed E-state index contributed by atoms with van der Waals surface area (Å²) in [5, 5.41) is 15.0. The lowest BCUT2D eigenvalue weighted by Gasteiger charge is -2.15. The van der Waals surface area contributed by atoms with E-state index in [9.17, 15) is 14.0 Å². The molecule has 1 amide bonds. The Hall–Kier alpha value is -3.72. The average Bonchev–Trinajstić information content (AvgIpc) is 3.58. The van der Waals surface area contributed by atoms with Gasteiger partial charge in [-0.1, -0.05) is 11.6 Å². The Kier molecular flexibility index (Phi) is 6.18. The normalized spacial score (nSPS) is 13.3. The van der Waals surface area contributed by atoms with Gasteiger partial charge in [0.2, 0.25) is 5.91 Å². The maximum atomic E-state index is 13.5. The summed E-state index contributed by atoms with van der Waals surface area (Å²) < 4.78 is 19.4. The van der Waals surface area contributed by atoms with Crippen molar-refractivity contribution in [2.45, 2.75) is 12.8 Å². The van der Waals surface area contributed by atoms with Crippen molar-refractivity contribution in [2.24, 2.45) is 5.92 Å². The third-order valence-corrected chi connectivity index (χ3v) is 5.02. The summed E-state index contributed by atoms with van der Waals surface area (Å²) in [6.45, 7) is 0.504. The highest BCUT2D eigenvalue weighted by Gasteiger charge is 2.23. The second-order valence-corrected chi connectivity index (χ2v) is 7.66. The number of hydrogen-bond acceptors (Lipinski definition) is 6. The van der Waals surface area contributed by atoms with Gasteiger partial charge < -0.3 is 20.5 Å². The van der Waals surface area contributed by atoms with Crippen LogP contribution in [0.25, 0.3) is 10.9 Å². The van der Waals surface area contributed by atoms with Crippen molar-refractivity contribution in [1.82, 2.24) is 9.97 Å². The van der Waals surface area contributed by atoms with Gasteiger partial charge in [-0.2, -0.15) is 0 Å². The minimum Gasteiger partial charge on any atom is -0.491 e. The quantitative estimate of drug-likeness (QED) is 0.426. The monoisotopic (exact) mass is 456 g/mol. The lowest BCUT2D eigenvalue weighted by Crippen LogP contribution is -2.11. The SMILES string of the molecule is O=C(O)/C=C/C(=O)Nc1cc2c(Nc3ccc(F)c(Cl)c3)ncnc2cc1OCC1CC1. The average molecular weight is 457 g/mol. The first kappa shape index (κ1) is 21.5. The van der Waals surface area contributed by atoms with Crippen LogP contribution in [0.5, 0.6) is 5.75 Å². The van der Waals surface area contributed by atoms with Gasteiger partial charge in [-0.25, -0.2) is 19.2 Å². The third kappa shape index (κ3) is 5.30. The minimum absolute atomic E-state index is 0.0395. The predicted octanol–water partition coefficient (Wildman–Crippen LogP) is 4.53. The van der Waals surface area contributed by atoms with E-state index in [4.69, 9.17) is 21.4 Å². The van der Waals surface area contributed by atoms with E-state index < -0.39 is 17.7 Å². The summed E-state index contributed by atoms with van der Waals surface area (Å²) >= 11 is 5.86. The Morgan fingerprint density at radius 3 is 2.75 bits per heavy atom. The van der Waals surface area contributed by atoms with E-state index in [0.717, 1.165) is 25.0 Å². The van der Waals surface area contributed by atoms with Gasteiger partial charge in [0.25, 0.3) is 0 Å². The minimum atomic E-state index is -1.23. The molecule has 1 saturated carbocycles. The van der Waals surface area contributed by atoms with Gasteiger partial charge in [-0.15, -0.1) is 0 Å². The number of carbonyl (C=O) groups is 2. The van der Waals surface area contributed by atoms with Gasteiger partial charge in [0.05, 0.1) is 22.8 Å². The van der Waals surface area contributed by atoms with Crippen LogP contribution in [0, 0.1) is 11.7 Å². The Labute approximate surface area is 187 Å². The molecular weight excluding hydrogens is 439 g/mol. The summed E-state index contributed by atoms with van der Waals surface area (Å²) in [7, 11) is 0. The number of ether oxygens (including phenoxy) is 1. The fourth-order valence-corrected chi connectivity index (χ4v) is 3.11. The number of benzene rings is 2. The largest absolute Gasteiger partial charge is 0.491 e. The number of aliphatic carboxylic acids is 1. The maximum Gasteiger partial charge on any atom is 0.328 e. The summed E-state index contributed by atoms with van der Waals surface area (Å²) in [4.78, 5) is 31.4. The van der Waals surface area contributed by atoms with Crippen LogP contribution < -0.4 is 15.4 Å². The number of nitrogens with one attached hydrogen (secondary N) is 2. The van der Waals surface area contributed by atoms with Gasteiger partial charge >= 0.3 is 5.97 Å². The zero-order chi connectivity index (χ0) is 22.7. The number of carboxylic acids is 1. The number of aromatic nitrogens is 2. The predicted molar refractivity (Wildman–Crippen MR) is 118 cm³/mol. The summed E-state index contributed by atoms with van der Waals surface area (Å²) in [5.41, 5.74) is 1.41. The first-order valence-corrected chi connectivity index (χ1v) is 10.1. The first-order chi connectivity index (χ1) is 15.4. The van der Waals surface area contributed by atoms with E-state index in [1.54, 1.807) is 12.1 Å². The van der Waals surface area contributed by atoms with Crippen molar-refractivity contribution in [3.63, 3.8) is 0 Å². The Morgan fingerprint density at radius 2 is 2.03 bits per heavy atom. The van der Waals surface area contributed by atoms with Crippen LogP contribution in [0.1, 0.15) is 12.8 Å². The molecule has 0 unspecified atom stereocenters. The molecule has 1 heterocycles. The first-order valence-electron chi connectivity index (χ1n) is 9.74. The number of nitrogens with zero attached hydrogens (tertiary/aromatic N) is 2. The molecule has 3 N–H and O–H groups in total. The van der Waals surface area contributed by atoms with E-state index in [2.05, 4.69) is 20.6 Å². The second-order valence-electron chi connectivity index (χ2n) is 7.26. The molecule has 10 heteroatoms. The Bertz CT molecular complexity index is 1230. The number of carbonyl (C=O) groups excluding carboxylic acids is 1. The smallest absolute Gasteiger partial charge is 0.328 e. The lowest BCUT2D eigenvalue weighted by atomic mass is 10.1. The van der Waals surface area contributed by atoms with Crippen LogP contribution in [-0.4, -0.2) is 33.6 Å². The van der Waals surface area contributed by atoms with Crippen molar-refractivity contribution in [1.29, 1.82) is 0 Å². The van der Waals surface area contributed by atoms with Crippen LogP contribution in [0.15, 0.2) is 48.8 Å². The molecule has 32 heavy (non-hydrogen) atoms. The van der Waals surface area contributed by atoms with Gasteiger partial charge in [-0.05, 0) is 43.0 Å². The number of anilines is 3. The molecule has 0 bridgehead atoms. The highest BCUT2D eigenvalue weighted by molar-refractivity contribution is 6.31. The van der Waals surface area contributed by atoms with Crippen molar-refractivity contribution in [3.8, 4) is 5.75 Å². The zero-order valence-electron chi connectivity index (χ0n) is 16.6. The summed E-state index contributed by atoms with van der Waals surface area (Å²) in [6, 6.07) is 7.49. The number of hydrogen-bond donors (Lipinski definition) is 3. The molecule has 3 aromatic rings. The van der Waals surface area contributed by atoms with Gasteiger partial charge in [0.1, 0.15) is 23.7 Å². The molecule has 1 aromatic heterocycles. The molecule has 1 aliphatic rings. The van der Waals surface area contributed by atoms with Crippen LogP contribution in [0.3, 0.4) is 0 Å². The Morgan fingerprint density at radius 1 is 1.22 bits per heavy atom. The topological polar surface area (TPSA) is 113 Å². The molecule has 0 aliphatic heterocycles. The number of halogens is 2. The second kappa shape index (κ2) is 9.19. The van der Waals surface area contributed by atoms with Crippen LogP contribution in [0.2, 0.25) is 5.02 Å². The molecule has 1 aliphatic carbocycles. The van der Waals surface area contributed by atoms with Crippen molar-refractivity contribution in [3.05, 3.63) is 59.7 Å². The molecule has 164 valence electrons. The lowest BCUT2D eigenvalue weighted by molar-refractivity contribution is -0.131. The van der Waals surface area contributed by atoms with Crippen LogP contribution in [0.4, 0.5) is 21.6 Å². The molecular formula is C22H18ClFN4O4. The summed E-state index contributed by atoms with van der Waals surface area (Å²) in [5.74, 6) is -1.10. The van der Waals surface area contributed by atoms with Crippen molar-refractivity contribution >= 4 is 51.6 Å². The number of rotatable bonds is 8. The van der Waals surface area contributed by atoms with E-state index in [1.165, 1.54) is 24.5 Å². The van der Waals surface area contributed by atoms with Gasteiger partial charge in [0.15, 0.2) is 0 Å². The number of fused-ring (bicyclic) bond motifs is 1. The fourth-order valence-electron chi connectivity index (χ4n) is 2.92. The van der Waals surface area contributed by atoms with Crippen molar-refractivity contribution in [2.75, 3.05) is 17.2 Å². The summed E-state index contributed by atoms with van der Waals surface area (Å²) in [6.07, 6.45) is 5.21. The highest BCUT2D eigenvalue weighted by Crippen LogP contribution is 2.36. The molecule has 1 fully saturated rings. The van der Waals surface area contributed by atoms with Crippen molar-refractivity contribution < 1.29 is 23.8 Å². The van der Waals surface area contributed by atoms with E-state index in [-0.39, 0.29) is 5.02 Å². The van der Waals surface area contributed by atoms with Gasteiger partial charge in [0, 0.05) is 29.3 Å². The standard InChI is InChI=1S/C22H18ClFN4O4/c23-15-7-13(3-4-16(15)24)27-22-14-8-18(28-20(29)5-6-21(30)31)19(32-10-12-1-2-12)9-17(14)25-11-26-22/h3-9,11-12H,1-2,10H2,(H,28,29)(H,30,31)(H,25,26,27)/b6-5+. The molecule has 2 aromatic carbocycles. The number of carboxylic acid groups (broad SMARTS) is 1. The molecule has 0 saturated heterocycles. The number of amides is 1. The third-order valence-electron chi connectivity index (χ3n) is 4.73. The van der Waals surface area contributed by atoms with E-state index in [0.29, 0.717) is 46.4 Å². The fraction of sp³-hybridized carbons (Fsp3) is 0.182.